The van der Waals surface area contributed by atoms with Gasteiger partial charge in [-0.25, -0.2) is 13.2 Å². The third kappa shape index (κ3) is 5.79. The maximum atomic E-state index is 12.2. The summed E-state index contributed by atoms with van der Waals surface area (Å²) in [5.74, 6) is 0. The summed E-state index contributed by atoms with van der Waals surface area (Å²) in [4.78, 5) is 12.2. The Bertz CT molecular complexity index is 850. The molecule has 0 aliphatic heterocycles. The number of para-hydroxylation sites is 1. The molecule has 0 radical (unpaired) electrons. The van der Waals surface area contributed by atoms with E-state index in [2.05, 4.69) is 15.4 Å². The van der Waals surface area contributed by atoms with E-state index < -0.39 is 10.0 Å². The molecule has 0 aliphatic rings. The molecular weight excluding hydrogens is 338 g/mol. The molecule has 0 bridgehead atoms. The van der Waals surface area contributed by atoms with Crippen LogP contribution >= 0.6 is 0 Å². The summed E-state index contributed by atoms with van der Waals surface area (Å²) >= 11 is 0. The molecule has 0 fully saturated rings. The van der Waals surface area contributed by atoms with Crippen LogP contribution in [-0.4, -0.2) is 20.7 Å². The summed E-state index contributed by atoms with van der Waals surface area (Å²) in [6.07, 6.45) is 1.92. The number of anilines is 2. The van der Waals surface area contributed by atoms with Gasteiger partial charge >= 0.3 is 6.03 Å². The Kier molecular flexibility index (Phi) is 6.03. The Morgan fingerprint density at radius 1 is 1.12 bits per heavy atom. The van der Waals surface area contributed by atoms with Crippen molar-refractivity contribution in [2.45, 2.75) is 26.3 Å². The number of carbonyl (C=O) groups excluding carboxylic acids is 1. The van der Waals surface area contributed by atoms with E-state index in [4.69, 9.17) is 0 Å². The third-order valence-electron chi connectivity index (χ3n) is 3.68. The number of urea groups is 1. The predicted octanol–water partition coefficient (Wildman–Crippen LogP) is 3.50. The Balaban J connectivity index is 2.05. The molecule has 1 unspecified atom stereocenters. The van der Waals surface area contributed by atoms with E-state index in [1.54, 1.807) is 18.2 Å². The van der Waals surface area contributed by atoms with Gasteiger partial charge in [0.2, 0.25) is 10.0 Å². The first-order valence-corrected chi connectivity index (χ1v) is 9.91. The molecule has 2 rings (SSSR count). The number of benzene rings is 2. The molecule has 3 N–H and O–H groups in total. The summed E-state index contributed by atoms with van der Waals surface area (Å²) in [7, 11) is -3.34. The molecule has 0 saturated heterocycles. The average molecular weight is 361 g/mol. The van der Waals surface area contributed by atoms with E-state index in [9.17, 15) is 13.2 Å². The topological polar surface area (TPSA) is 87.3 Å². The second kappa shape index (κ2) is 8.02. The lowest BCUT2D eigenvalue weighted by molar-refractivity contribution is 0.249. The summed E-state index contributed by atoms with van der Waals surface area (Å²) in [6.45, 7) is 3.87. The second-order valence-corrected chi connectivity index (χ2v) is 7.58. The van der Waals surface area contributed by atoms with Gasteiger partial charge in [-0.3, -0.25) is 4.72 Å². The minimum Gasteiger partial charge on any atom is -0.331 e. The van der Waals surface area contributed by atoms with Crippen molar-refractivity contribution in [2.75, 3.05) is 16.3 Å². The fraction of sp³-hybridized carbons (Fsp3) is 0.278. The van der Waals surface area contributed by atoms with Crippen LogP contribution in [0.2, 0.25) is 0 Å². The van der Waals surface area contributed by atoms with Gasteiger partial charge in [0.15, 0.2) is 0 Å². The monoisotopic (exact) mass is 361 g/mol. The maximum absolute atomic E-state index is 12.2. The summed E-state index contributed by atoms with van der Waals surface area (Å²) in [5.41, 5.74) is 3.10. The van der Waals surface area contributed by atoms with Crippen LogP contribution in [0, 0.1) is 0 Å². The van der Waals surface area contributed by atoms with E-state index >= 15 is 0 Å². The zero-order valence-electron chi connectivity index (χ0n) is 14.5. The highest BCUT2D eigenvalue weighted by molar-refractivity contribution is 7.92. The fourth-order valence-corrected chi connectivity index (χ4v) is 3.03. The zero-order valence-corrected chi connectivity index (χ0v) is 15.4. The highest BCUT2D eigenvalue weighted by Crippen LogP contribution is 2.19. The van der Waals surface area contributed by atoms with Crippen LogP contribution in [0.15, 0.2) is 48.5 Å². The molecule has 134 valence electrons. The predicted molar refractivity (Wildman–Crippen MR) is 101 cm³/mol. The number of aryl methyl sites for hydroxylation is 1. The van der Waals surface area contributed by atoms with Gasteiger partial charge in [0.1, 0.15) is 0 Å². The molecule has 0 saturated carbocycles. The van der Waals surface area contributed by atoms with E-state index in [1.165, 1.54) is 0 Å². The van der Waals surface area contributed by atoms with Crippen molar-refractivity contribution in [3.05, 3.63) is 59.7 Å². The minimum atomic E-state index is -3.34. The summed E-state index contributed by atoms with van der Waals surface area (Å²) < 4.78 is 25.1. The summed E-state index contributed by atoms with van der Waals surface area (Å²) in [5, 5.41) is 5.71. The standard InChI is InChI=1S/C18H23N3O3S/c1-4-14-8-5-6-11-17(14)20-18(22)19-13(2)15-9-7-10-16(12-15)21-25(3,23)24/h5-13,21H,4H2,1-3H3,(H2,19,20,22). The van der Waals surface area contributed by atoms with E-state index in [0.717, 1.165) is 29.5 Å². The van der Waals surface area contributed by atoms with Crippen molar-refractivity contribution >= 4 is 27.4 Å². The van der Waals surface area contributed by atoms with Crippen molar-refractivity contribution in [3.63, 3.8) is 0 Å². The maximum Gasteiger partial charge on any atom is 0.319 e. The molecule has 2 aromatic carbocycles. The molecule has 6 nitrogen and oxygen atoms in total. The number of amides is 2. The first-order valence-electron chi connectivity index (χ1n) is 8.01. The van der Waals surface area contributed by atoms with Gasteiger partial charge in [-0.05, 0) is 42.7 Å². The van der Waals surface area contributed by atoms with Gasteiger partial charge < -0.3 is 10.6 Å². The largest absolute Gasteiger partial charge is 0.331 e. The van der Waals surface area contributed by atoms with Gasteiger partial charge in [0, 0.05) is 11.4 Å². The van der Waals surface area contributed by atoms with Crippen LogP contribution in [-0.2, 0) is 16.4 Å². The highest BCUT2D eigenvalue weighted by Gasteiger charge is 2.12. The smallest absolute Gasteiger partial charge is 0.319 e. The van der Waals surface area contributed by atoms with Gasteiger partial charge in [-0.15, -0.1) is 0 Å². The first kappa shape index (κ1) is 18.8. The lowest BCUT2D eigenvalue weighted by Gasteiger charge is -2.17. The zero-order chi connectivity index (χ0) is 18.4. The number of carbonyl (C=O) groups is 1. The lowest BCUT2D eigenvalue weighted by atomic mass is 10.1. The van der Waals surface area contributed by atoms with Crippen molar-refractivity contribution in [1.29, 1.82) is 0 Å². The molecule has 0 aliphatic carbocycles. The SMILES string of the molecule is CCc1ccccc1NC(=O)NC(C)c1cccc(NS(C)(=O)=O)c1. The van der Waals surface area contributed by atoms with Crippen LogP contribution in [0.25, 0.3) is 0 Å². The Morgan fingerprint density at radius 3 is 2.52 bits per heavy atom. The number of hydrogen-bond donors (Lipinski definition) is 3. The second-order valence-electron chi connectivity index (χ2n) is 5.83. The summed E-state index contributed by atoms with van der Waals surface area (Å²) in [6, 6.07) is 14.0. The number of nitrogens with one attached hydrogen (secondary N) is 3. The van der Waals surface area contributed by atoms with E-state index in [1.807, 2.05) is 44.2 Å². The molecule has 0 aromatic heterocycles. The Morgan fingerprint density at radius 2 is 1.84 bits per heavy atom. The molecule has 25 heavy (non-hydrogen) atoms. The van der Waals surface area contributed by atoms with Crippen LogP contribution in [0.5, 0.6) is 0 Å². The van der Waals surface area contributed by atoms with Gasteiger partial charge in [-0.2, -0.15) is 0 Å². The highest BCUT2D eigenvalue weighted by atomic mass is 32.2. The average Bonchev–Trinajstić information content (AvgIpc) is 2.54. The normalized spacial score (nSPS) is 12.3. The van der Waals surface area contributed by atoms with Crippen LogP contribution < -0.4 is 15.4 Å². The van der Waals surface area contributed by atoms with E-state index in [-0.39, 0.29) is 12.1 Å². The molecule has 2 amide bonds. The van der Waals surface area contributed by atoms with Crippen LogP contribution in [0.1, 0.15) is 31.0 Å². The lowest BCUT2D eigenvalue weighted by Crippen LogP contribution is -2.31. The van der Waals surface area contributed by atoms with Crippen LogP contribution in [0.3, 0.4) is 0 Å². The van der Waals surface area contributed by atoms with E-state index in [0.29, 0.717) is 5.69 Å². The molecule has 0 heterocycles. The Labute approximate surface area is 148 Å². The molecule has 0 spiro atoms. The fourth-order valence-electron chi connectivity index (χ4n) is 2.47. The van der Waals surface area contributed by atoms with Crippen molar-refractivity contribution < 1.29 is 13.2 Å². The molecule has 2 aromatic rings. The number of hydrogen-bond acceptors (Lipinski definition) is 3. The molecule has 1 atom stereocenters. The van der Waals surface area contributed by atoms with Crippen molar-refractivity contribution in [3.8, 4) is 0 Å². The van der Waals surface area contributed by atoms with Crippen LogP contribution in [0.4, 0.5) is 16.2 Å². The van der Waals surface area contributed by atoms with Gasteiger partial charge in [0.05, 0.1) is 12.3 Å². The number of rotatable bonds is 6. The quantitative estimate of drug-likeness (QED) is 0.736. The van der Waals surface area contributed by atoms with Gasteiger partial charge in [-0.1, -0.05) is 37.3 Å². The van der Waals surface area contributed by atoms with Crippen molar-refractivity contribution in [1.82, 2.24) is 5.32 Å². The third-order valence-corrected chi connectivity index (χ3v) is 4.29. The number of sulfonamides is 1. The molecular formula is C18H23N3O3S. The Hall–Kier alpha value is -2.54. The first-order chi connectivity index (χ1) is 11.8. The molecule has 7 heteroatoms. The van der Waals surface area contributed by atoms with Gasteiger partial charge in [0.25, 0.3) is 0 Å². The van der Waals surface area contributed by atoms with Crippen molar-refractivity contribution in [2.24, 2.45) is 0 Å². The minimum absolute atomic E-state index is 0.282.